The topological polar surface area (TPSA) is 117 Å². The number of likely N-dealkylation sites (tertiary alicyclic amines) is 1. The molecule has 146 valence electrons. The van der Waals surface area contributed by atoms with Crippen LogP contribution in [0.15, 0.2) is 40.8 Å². The molecule has 0 saturated carbocycles. The SMILES string of the molecule is CC(=O)N1CC(c2ccc(OCc3nc4ccc(C(=O)O)cc4o3)c(C#N)c2)C1. The third-order valence-electron chi connectivity index (χ3n) is 4.95. The zero-order valence-electron chi connectivity index (χ0n) is 15.6. The van der Waals surface area contributed by atoms with E-state index in [-0.39, 0.29) is 29.9 Å². The lowest BCUT2D eigenvalue weighted by molar-refractivity contribution is -0.133. The molecule has 1 amide bonds. The molecule has 0 unspecified atom stereocenters. The Morgan fingerprint density at radius 1 is 1.31 bits per heavy atom. The fourth-order valence-corrected chi connectivity index (χ4v) is 3.27. The average molecular weight is 391 g/mol. The minimum Gasteiger partial charge on any atom is -0.482 e. The van der Waals surface area contributed by atoms with Crippen molar-refractivity contribution in [3.63, 3.8) is 0 Å². The summed E-state index contributed by atoms with van der Waals surface area (Å²) < 4.78 is 11.3. The van der Waals surface area contributed by atoms with Gasteiger partial charge in [-0.1, -0.05) is 6.07 Å². The number of hydrogen-bond donors (Lipinski definition) is 1. The maximum absolute atomic E-state index is 11.3. The second-order valence-corrected chi connectivity index (χ2v) is 6.87. The van der Waals surface area contributed by atoms with Crippen molar-refractivity contribution in [3.8, 4) is 11.8 Å². The first kappa shape index (κ1) is 18.5. The Morgan fingerprint density at radius 3 is 2.79 bits per heavy atom. The predicted octanol–water partition coefficient (Wildman–Crippen LogP) is 2.92. The maximum atomic E-state index is 11.3. The summed E-state index contributed by atoms with van der Waals surface area (Å²) in [5.41, 5.74) is 2.40. The molecule has 0 spiro atoms. The van der Waals surface area contributed by atoms with Gasteiger partial charge in [0.1, 0.15) is 17.3 Å². The van der Waals surface area contributed by atoms with Crippen molar-refractivity contribution >= 4 is 23.0 Å². The Bertz CT molecular complexity index is 1150. The number of hydrogen-bond acceptors (Lipinski definition) is 6. The number of oxazole rings is 1. The second kappa shape index (κ2) is 7.28. The first-order chi connectivity index (χ1) is 13.9. The number of ether oxygens (including phenoxy) is 1. The molecule has 4 rings (SSSR count). The molecule has 3 aromatic rings. The van der Waals surface area contributed by atoms with Crippen molar-refractivity contribution in [1.82, 2.24) is 9.88 Å². The highest BCUT2D eigenvalue weighted by Crippen LogP contribution is 2.31. The van der Waals surface area contributed by atoms with Gasteiger partial charge in [0.25, 0.3) is 0 Å². The number of nitriles is 1. The van der Waals surface area contributed by atoms with Crippen molar-refractivity contribution in [1.29, 1.82) is 5.26 Å². The van der Waals surface area contributed by atoms with Crippen LogP contribution in [0.25, 0.3) is 11.1 Å². The van der Waals surface area contributed by atoms with E-state index >= 15 is 0 Å². The summed E-state index contributed by atoms with van der Waals surface area (Å²) in [6.45, 7) is 2.86. The minimum absolute atomic E-state index is 0.00660. The molecule has 1 saturated heterocycles. The van der Waals surface area contributed by atoms with E-state index in [9.17, 15) is 14.9 Å². The Kier molecular flexibility index (Phi) is 4.64. The molecule has 0 atom stereocenters. The predicted molar refractivity (Wildman–Crippen MR) is 101 cm³/mol. The zero-order chi connectivity index (χ0) is 20.5. The molecule has 0 bridgehead atoms. The normalized spacial score (nSPS) is 13.7. The highest BCUT2D eigenvalue weighted by Gasteiger charge is 2.30. The molecule has 2 aromatic carbocycles. The molecule has 29 heavy (non-hydrogen) atoms. The lowest BCUT2D eigenvalue weighted by atomic mass is 9.90. The van der Waals surface area contributed by atoms with E-state index in [1.165, 1.54) is 12.1 Å². The lowest BCUT2D eigenvalue weighted by Crippen LogP contribution is -2.47. The zero-order valence-corrected chi connectivity index (χ0v) is 15.6. The smallest absolute Gasteiger partial charge is 0.335 e. The fourth-order valence-electron chi connectivity index (χ4n) is 3.27. The van der Waals surface area contributed by atoms with Crippen molar-refractivity contribution in [2.45, 2.75) is 19.4 Å². The number of carbonyl (C=O) groups excluding carboxylic acids is 1. The van der Waals surface area contributed by atoms with Gasteiger partial charge >= 0.3 is 5.97 Å². The Morgan fingerprint density at radius 2 is 2.10 bits per heavy atom. The van der Waals surface area contributed by atoms with Gasteiger partial charge in [0, 0.05) is 25.9 Å². The van der Waals surface area contributed by atoms with Crippen molar-refractivity contribution in [2.24, 2.45) is 0 Å². The van der Waals surface area contributed by atoms with Crippen molar-refractivity contribution < 1.29 is 23.8 Å². The highest BCUT2D eigenvalue weighted by atomic mass is 16.5. The van der Waals surface area contributed by atoms with E-state index in [2.05, 4.69) is 11.1 Å². The van der Waals surface area contributed by atoms with Gasteiger partial charge in [0.05, 0.1) is 11.1 Å². The molecule has 0 radical (unpaired) electrons. The molecule has 2 heterocycles. The molecule has 8 heteroatoms. The molecule has 1 aliphatic heterocycles. The highest BCUT2D eigenvalue weighted by molar-refractivity contribution is 5.91. The second-order valence-electron chi connectivity index (χ2n) is 6.87. The molecule has 1 aliphatic rings. The standard InChI is InChI=1S/C21H17N3O5/c1-12(25)24-9-16(10-24)13-3-5-18(15(6-13)8-22)28-11-20-23-17-4-2-14(21(26)27)7-19(17)29-20/h2-7,16H,9-11H2,1H3,(H,26,27). The molecular formula is C21H17N3O5. The van der Waals surface area contributed by atoms with Crippen LogP contribution in [0.2, 0.25) is 0 Å². The third-order valence-corrected chi connectivity index (χ3v) is 4.95. The number of nitrogens with zero attached hydrogens (tertiary/aromatic N) is 3. The quantitative estimate of drug-likeness (QED) is 0.711. The first-order valence-electron chi connectivity index (χ1n) is 8.99. The summed E-state index contributed by atoms with van der Waals surface area (Å²) in [5.74, 6) is -0.0761. The molecule has 8 nitrogen and oxygen atoms in total. The van der Waals surface area contributed by atoms with Crippen LogP contribution in [0.3, 0.4) is 0 Å². The number of rotatable bonds is 5. The minimum atomic E-state index is -1.04. The van der Waals surface area contributed by atoms with Gasteiger partial charge in [0.2, 0.25) is 11.8 Å². The van der Waals surface area contributed by atoms with E-state index in [1.807, 2.05) is 6.07 Å². The molecule has 1 N–H and O–H groups in total. The van der Waals surface area contributed by atoms with Crippen LogP contribution >= 0.6 is 0 Å². The van der Waals surface area contributed by atoms with E-state index < -0.39 is 5.97 Å². The number of carboxylic acids is 1. The monoisotopic (exact) mass is 391 g/mol. The molecule has 0 aliphatic carbocycles. The van der Waals surface area contributed by atoms with Gasteiger partial charge < -0.3 is 19.2 Å². The molecule has 1 aromatic heterocycles. The van der Waals surface area contributed by atoms with Crippen molar-refractivity contribution in [3.05, 3.63) is 59.0 Å². The number of carboxylic acid groups (broad SMARTS) is 1. The van der Waals surface area contributed by atoms with E-state index in [4.69, 9.17) is 14.3 Å². The van der Waals surface area contributed by atoms with Crippen LogP contribution in [0.1, 0.15) is 40.2 Å². The summed E-state index contributed by atoms with van der Waals surface area (Å²) in [5, 5.41) is 18.5. The first-order valence-corrected chi connectivity index (χ1v) is 8.99. The van der Waals surface area contributed by atoms with Gasteiger partial charge in [-0.15, -0.1) is 0 Å². The number of carbonyl (C=O) groups is 2. The number of aromatic nitrogens is 1. The number of amides is 1. The van der Waals surface area contributed by atoms with Gasteiger partial charge in [-0.3, -0.25) is 4.79 Å². The van der Waals surface area contributed by atoms with Crippen molar-refractivity contribution in [2.75, 3.05) is 13.1 Å². The van der Waals surface area contributed by atoms with E-state index in [0.29, 0.717) is 35.5 Å². The fraction of sp³-hybridized carbons (Fsp3) is 0.238. The largest absolute Gasteiger partial charge is 0.482 e. The summed E-state index contributed by atoms with van der Waals surface area (Å²) in [4.78, 5) is 28.4. The van der Waals surface area contributed by atoms with Crippen LogP contribution in [0.5, 0.6) is 5.75 Å². The third kappa shape index (κ3) is 3.62. The Hall–Kier alpha value is -3.86. The van der Waals surface area contributed by atoms with Crippen LogP contribution in [0, 0.1) is 11.3 Å². The summed E-state index contributed by atoms with van der Waals surface area (Å²) in [6.07, 6.45) is 0. The van der Waals surface area contributed by atoms with Gasteiger partial charge in [-0.25, -0.2) is 9.78 Å². The van der Waals surface area contributed by atoms with Gasteiger partial charge in [-0.2, -0.15) is 5.26 Å². The molecule has 1 fully saturated rings. The van der Waals surface area contributed by atoms with Crippen LogP contribution in [-0.2, 0) is 11.4 Å². The van der Waals surface area contributed by atoms with Crippen LogP contribution < -0.4 is 4.74 Å². The average Bonchev–Trinajstić information content (AvgIpc) is 3.07. The van der Waals surface area contributed by atoms with Gasteiger partial charge in [-0.05, 0) is 35.9 Å². The summed E-state index contributed by atoms with van der Waals surface area (Å²) in [6, 6.07) is 12.0. The van der Waals surface area contributed by atoms with E-state index in [1.54, 1.807) is 30.0 Å². The van der Waals surface area contributed by atoms with Crippen LogP contribution in [-0.4, -0.2) is 40.0 Å². The summed E-state index contributed by atoms with van der Waals surface area (Å²) >= 11 is 0. The Labute approximate surface area is 165 Å². The maximum Gasteiger partial charge on any atom is 0.335 e. The summed E-state index contributed by atoms with van der Waals surface area (Å²) in [7, 11) is 0. The molecular weight excluding hydrogens is 374 g/mol. The number of aromatic carboxylic acids is 1. The van der Waals surface area contributed by atoms with Gasteiger partial charge in [0.15, 0.2) is 12.2 Å². The van der Waals surface area contributed by atoms with Crippen LogP contribution in [0.4, 0.5) is 0 Å². The lowest BCUT2D eigenvalue weighted by Gasteiger charge is -2.39. The number of fused-ring (bicyclic) bond motifs is 1. The van der Waals surface area contributed by atoms with E-state index in [0.717, 1.165) is 5.56 Å². The number of benzene rings is 2. The Balaban J connectivity index is 1.47.